The van der Waals surface area contributed by atoms with Crippen LogP contribution in [0.15, 0.2) is 24.3 Å². The third kappa shape index (κ3) is 8.54. The average Bonchev–Trinajstić information content (AvgIpc) is 2.62. The number of amides is 1. The first kappa shape index (κ1) is 21.0. The molecule has 0 fully saturated rings. The highest BCUT2D eigenvalue weighted by atomic mass is 16.5. The van der Waals surface area contributed by atoms with Gasteiger partial charge in [-0.1, -0.05) is 12.1 Å². The number of esters is 1. The number of benzene rings is 1. The number of methoxy groups -OCH3 is 1. The van der Waals surface area contributed by atoms with Crippen molar-refractivity contribution in [2.24, 2.45) is 0 Å². The Morgan fingerprint density at radius 3 is 2.36 bits per heavy atom. The molecule has 25 heavy (non-hydrogen) atoms. The van der Waals surface area contributed by atoms with E-state index in [1.807, 2.05) is 31.2 Å². The molecule has 0 heterocycles. The molecule has 0 aliphatic carbocycles. The van der Waals surface area contributed by atoms with Gasteiger partial charge in [0.25, 0.3) is 0 Å². The quantitative estimate of drug-likeness (QED) is 0.427. The molecule has 1 amide bonds. The van der Waals surface area contributed by atoms with Crippen LogP contribution in [-0.2, 0) is 25.5 Å². The fourth-order valence-corrected chi connectivity index (χ4v) is 2.35. The van der Waals surface area contributed by atoms with Gasteiger partial charge in [-0.25, -0.2) is 0 Å². The van der Waals surface area contributed by atoms with Crippen molar-refractivity contribution in [1.82, 2.24) is 4.90 Å². The fourth-order valence-electron chi connectivity index (χ4n) is 2.35. The Bertz CT molecular complexity index is 515. The highest BCUT2D eigenvalue weighted by Gasteiger charge is 2.16. The average molecular weight is 351 g/mol. The molecule has 0 spiro atoms. The van der Waals surface area contributed by atoms with Crippen molar-refractivity contribution in [3.05, 3.63) is 29.8 Å². The largest absolute Gasteiger partial charge is 0.497 e. The lowest BCUT2D eigenvalue weighted by Crippen LogP contribution is -2.35. The lowest BCUT2D eigenvalue weighted by molar-refractivity contribution is -0.144. The SMILES string of the molecule is CCOCCCN(CCC(=O)OCC)C(=O)Cc1ccc(OC)cc1. The van der Waals surface area contributed by atoms with Gasteiger partial charge >= 0.3 is 5.97 Å². The Labute approximate surface area is 150 Å². The number of rotatable bonds is 12. The molecule has 0 radical (unpaired) electrons. The summed E-state index contributed by atoms with van der Waals surface area (Å²) in [4.78, 5) is 25.9. The van der Waals surface area contributed by atoms with E-state index in [4.69, 9.17) is 14.2 Å². The highest BCUT2D eigenvalue weighted by Crippen LogP contribution is 2.13. The molecule has 1 aromatic rings. The number of carbonyl (C=O) groups excluding carboxylic acids is 2. The predicted molar refractivity (Wildman–Crippen MR) is 95.6 cm³/mol. The van der Waals surface area contributed by atoms with Gasteiger partial charge in [0.05, 0.1) is 26.6 Å². The van der Waals surface area contributed by atoms with E-state index < -0.39 is 0 Å². The summed E-state index contributed by atoms with van der Waals surface area (Å²) in [6, 6.07) is 7.42. The molecule has 0 bridgehead atoms. The van der Waals surface area contributed by atoms with E-state index >= 15 is 0 Å². The zero-order valence-corrected chi connectivity index (χ0v) is 15.5. The van der Waals surface area contributed by atoms with E-state index in [-0.39, 0.29) is 18.3 Å². The number of nitrogens with zero attached hydrogens (tertiary/aromatic N) is 1. The first-order chi connectivity index (χ1) is 12.1. The summed E-state index contributed by atoms with van der Waals surface area (Å²) in [6.45, 7) is 6.24. The zero-order valence-electron chi connectivity index (χ0n) is 15.5. The second kappa shape index (κ2) is 12.3. The lowest BCUT2D eigenvalue weighted by atomic mass is 10.1. The van der Waals surface area contributed by atoms with E-state index in [0.29, 0.717) is 39.3 Å². The van der Waals surface area contributed by atoms with Gasteiger partial charge < -0.3 is 19.1 Å². The number of hydrogen-bond donors (Lipinski definition) is 0. The third-order valence-electron chi connectivity index (χ3n) is 3.68. The summed E-state index contributed by atoms with van der Waals surface area (Å²) >= 11 is 0. The first-order valence-corrected chi connectivity index (χ1v) is 8.74. The Morgan fingerprint density at radius 1 is 1.04 bits per heavy atom. The highest BCUT2D eigenvalue weighted by molar-refractivity contribution is 5.79. The molecule has 0 saturated carbocycles. The van der Waals surface area contributed by atoms with Crippen molar-refractivity contribution < 1.29 is 23.8 Å². The second-order valence-electron chi connectivity index (χ2n) is 5.51. The van der Waals surface area contributed by atoms with Crippen LogP contribution in [0.3, 0.4) is 0 Å². The molecule has 0 unspecified atom stereocenters. The molecule has 6 heteroatoms. The second-order valence-corrected chi connectivity index (χ2v) is 5.51. The van der Waals surface area contributed by atoms with Gasteiger partial charge in [0.15, 0.2) is 0 Å². The van der Waals surface area contributed by atoms with Crippen LogP contribution in [0, 0.1) is 0 Å². The standard InChI is InChI=1S/C19H29NO5/c1-4-24-14-6-12-20(13-11-19(22)25-5-2)18(21)15-16-7-9-17(23-3)10-8-16/h7-10H,4-6,11-15H2,1-3H3. The maximum atomic E-state index is 12.6. The van der Waals surface area contributed by atoms with Gasteiger partial charge in [0.1, 0.15) is 5.75 Å². The van der Waals surface area contributed by atoms with Crippen LogP contribution in [-0.4, -0.2) is 56.8 Å². The number of hydrogen-bond acceptors (Lipinski definition) is 5. The molecule has 140 valence electrons. The molecule has 0 N–H and O–H groups in total. The summed E-state index contributed by atoms with van der Waals surface area (Å²) < 4.78 is 15.4. The predicted octanol–water partition coefficient (Wildman–Crippen LogP) is 2.45. The Kier molecular flexibility index (Phi) is 10.3. The minimum atomic E-state index is -0.283. The minimum Gasteiger partial charge on any atom is -0.497 e. The van der Waals surface area contributed by atoms with Crippen LogP contribution in [0.4, 0.5) is 0 Å². The molecule has 0 saturated heterocycles. The number of ether oxygens (including phenoxy) is 3. The van der Waals surface area contributed by atoms with Gasteiger partial charge in [-0.05, 0) is 38.0 Å². The number of carbonyl (C=O) groups is 2. The van der Waals surface area contributed by atoms with Gasteiger partial charge in [-0.3, -0.25) is 9.59 Å². The van der Waals surface area contributed by atoms with Crippen molar-refractivity contribution in [2.45, 2.75) is 33.1 Å². The van der Waals surface area contributed by atoms with Crippen LogP contribution < -0.4 is 4.74 Å². The molecule has 1 rings (SSSR count). The van der Waals surface area contributed by atoms with Crippen LogP contribution in [0.2, 0.25) is 0 Å². The minimum absolute atomic E-state index is 0.00837. The van der Waals surface area contributed by atoms with E-state index in [1.165, 1.54) is 0 Å². The summed E-state index contributed by atoms with van der Waals surface area (Å²) in [5.74, 6) is 0.465. The van der Waals surface area contributed by atoms with Crippen LogP contribution >= 0.6 is 0 Å². The van der Waals surface area contributed by atoms with Crippen molar-refractivity contribution in [3.63, 3.8) is 0 Å². The Morgan fingerprint density at radius 2 is 1.76 bits per heavy atom. The van der Waals surface area contributed by atoms with Gasteiger partial charge in [-0.15, -0.1) is 0 Å². The van der Waals surface area contributed by atoms with Gasteiger partial charge in [0.2, 0.25) is 5.91 Å². The van der Waals surface area contributed by atoms with Crippen LogP contribution in [0.1, 0.15) is 32.3 Å². The molecular formula is C19H29NO5. The van der Waals surface area contributed by atoms with E-state index in [1.54, 1.807) is 18.9 Å². The molecule has 0 aliphatic heterocycles. The van der Waals surface area contributed by atoms with Crippen LogP contribution in [0.5, 0.6) is 5.75 Å². The van der Waals surface area contributed by atoms with Crippen molar-refractivity contribution in [1.29, 1.82) is 0 Å². The van der Waals surface area contributed by atoms with Crippen LogP contribution in [0.25, 0.3) is 0 Å². The molecular weight excluding hydrogens is 322 g/mol. The third-order valence-corrected chi connectivity index (χ3v) is 3.68. The monoisotopic (exact) mass is 351 g/mol. The zero-order chi connectivity index (χ0) is 18.5. The summed E-state index contributed by atoms with van der Waals surface area (Å²) in [6.07, 6.45) is 1.24. The molecule has 6 nitrogen and oxygen atoms in total. The van der Waals surface area contributed by atoms with Gasteiger partial charge in [-0.2, -0.15) is 0 Å². The van der Waals surface area contributed by atoms with Crippen molar-refractivity contribution in [3.8, 4) is 5.75 Å². The summed E-state index contributed by atoms with van der Waals surface area (Å²) in [5, 5.41) is 0. The van der Waals surface area contributed by atoms with Crippen molar-refractivity contribution in [2.75, 3.05) is 40.0 Å². The smallest absolute Gasteiger partial charge is 0.307 e. The fraction of sp³-hybridized carbons (Fsp3) is 0.579. The molecule has 1 aromatic carbocycles. The summed E-state index contributed by atoms with van der Waals surface area (Å²) in [5.41, 5.74) is 0.914. The molecule has 0 atom stereocenters. The van der Waals surface area contributed by atoms with E-state index in [9.17, 15) is 9.59 Å². The Hall–Kier alpha value is -2.08. The normalized spacial score (nSPS) is 10.4. The lowest BCUT2D eigenvalue weighted by Gasteiger charge is -2.22. The van der Waals surface area contributed by atoms with Crippen molar-refractivity contribution >= 4 is 11.9 Å². The summed E-state index contributed by atoms with van der Waals surface area (Å²) in [7, 11) is 1.61. The van der Waals surface area contributed by atoms with Gasteiger partial charge in [0, 0.05) is 26.3 Å². The van der Waals surface area contributed by atoms with E-state index in [2.05, 4.69) is 0 Å². The molecule has 0 aromatic heterocycles. The maximum Gasteiger partial charge on any atom is 0.307 e. The topological polar surface area (TPSA) is 65.1 Å². The van der Waals surface area contributed by atoms with E-state index in [0.717, 1.165) is 17.7 Å². The first-order valence-electron chi connectivity index (χ1n) is 8.74. The maximum absolute atomic E-state index is 12.6. The Balaban J connectivity index is 2.60. The molecule has 0 aliphatic rings.